The van der Waals surface area contributed by atoms with Crippen molar-refractivity contribution in [3.05, 3.63) is 36.0 Å². The van der Waals surface area contributed by atoms with E-state index in [0.29, 0.717) is 12.8 Å². The van der Waals surface area contributed by atoms with Gasteiger partial charge in [-0.3, -0.25) is 19.4 Å². The fourth-order valence-corrected chi connectivity index (χ4v) is 4.67. The van der Waals surface area contributed by atoms with Crippen LogP contribution in [0, 0.1) is 0 Å². The van der Waals surface area contributed by atoms with E-state index in [-0.39, 0.29) is 43.0 Å². The Balaban J connectivity index is 1.70. The van der Waals surface area contributed by atoms with Crippen molar-refractivity contribution in [1.29, 1.82) is 0 Å². The molecule has 39 heavy (non-hydrogen) atoms. The SMILES string of the molecule is NC(N)=NCCCC(NC(=O)C(CS)NC(=O)C1CCCN1)C(=O)NC(Cc1c[nH]c2ccccc12)C(=O)O. The number of carboxylic acids is 1. The number of amides is 3. The molecule has 2 aromatic rings. The number of carbonyl (C=O) groups is 4. The first-order valence-electron chi connectivity index (χ1n) is 12.8. The minimum atomic E-state index is -1.25. The van der Waals surface area contributed by atoms with E-state index in [2.05, 4.69) is 43.9 Å². The Morgan fingerprint density at radius 2 is 1.79 bits per heavy atom. The lowest BCUT2D eigenvalue weighted by molar-refractivity contribution is -0.142. The number of hydrogen-bond donors (Lipinski definition) is 9. The van der Waals surface area contributed by atoms with Gasteiger partial charge in [0.05, 0.1) is 6.04 Å². The van der Waals surface area contributed by atoms with E-state index in [1.807, 2.05) is 24.3 Å². The smallest absolute Gasteiger partial charge is 0.326 e. The van der Waals surface area contributed by atoms with Gasteiger partial charge in [-0.2, -0.15) is 12.6 Å². The number of carboxylic acid groups (broad SMARTS) is 1. The van der Waals surface area contributed by atoms with Crippen LogP contribution in [0.1, 0.15) is 31.2 Å². The number of H-pyrrole nitrogens is 1. The van der Waals surface area contributed by atoms with E-state index >= 15 is 0 Å². The largest absolute Gasteiger partial charge is 0.480 e. The Bertz CT molecular complexity index is 1190. The van der Waals surface area contributed by atoms with Crippen molar-refractivity contribution in [2.24, 2.45) is 16.5 Å². The number of aliphatic imine (C=N–C) groups is 1. The van der Waals surface area contributed by atoms with Crippen LogP contribution in [0.5, 0.6) is 0 Å². The Kier molecular flexibility index (Phi) is 11.0. The van der Waals surface area contributed by atoms with Crippen LogP contribution in [0.25, 0.3) is 10.9 Å². The molecule has 4 atom stereocenters. The summed E-state index contributed by atoms with van der Waals surface area (Å²) in [5.41, 5.74) is 12.3. The first-order chi connectivity index (χ1) is 18.7. The lowest BCUT2D eigenvalue weighted by Crippen LogP contribution is -2.57. The molecule has 1 aromatic heterocycles. The number of aromatic nitrogens is 1. The first-order valence-corrected chi connectivity index (χ1v) is 13.4. The molecule has 1 saturated heterocycles. The fourth-order valence-electron chi connectivity index (χ4n) is 4.41. The molecule has 13 nitrogen and oxygen atoms in total. The molecule has 3 amide bonds. The molecular formula is C25H36N8O5S. The number of carbonyl (C=O) groups excluding carboxylic acids is 3. The molecule has 1 fully saturated rings. The number of fused-ring (bicyclic) bond motifs is 1. The van der Waals surface area contributed by atoms with Gasteiger partial charge in [-0.15, -0.1) is 0 Å². The maximum Gasteiger partial charge on any atom is 0.326 e. The highest BCUT2D eigenvalue weighted by atomic mass is 32.1. The Morgan fingerprint density at radius 1 is 1.08 bits per heavy atom. The van der Waals surface area contributed by atoms with Gasteiger partial charge in [-0.05, 0) is 43.9 Å². The van der Waals surface area contributed by atoms with Crippen molar-refractivity contribution < 1.29 is 24.3 Å². The number of aromatic amines is 1. The number of nitrogens with zero attached hydrogens (tertiary/aromatic N) is 1. The second-order valence-electron chi connectivity index (χ2n) is 9.37. The molecule has 0 spiro atoms. The number of benzene rings is 1. The number of nitrogens with two attached hydrogens (primary N) is 2. The van der Waals surface area contributed by atoms with Gasteiger partial charge in [0.1, 0.15) is 18.1 Å². The average molecular weight is 561 g/mol. The zero-order valence-electron chi connectivity index (χ0n) is 21.5. The Labute approximate surface area is 231 Å². The summed E-state index contributed by atoms with van der Waals surface area (Å²) in [5, 5.41) is 21.6. The molecule has 1 aliphatic heterocycles. The lowest BCUT2D eigenvalue weighted by Gasteiger charge is -2.24. The number of rotatable bonds is 14. The first kappa shape index (κ1) is 29.8. The van der Waals surface area contributed by atoms with Gasteiger partial charge in [0.2, 0.25) is 17.7 Å². The molecule has 3 rings (SSSR count). The molecule has 0 aliphatic carbocycles. The summed E-state index contributed by atoms with van der Waals surface area (Å²) in [6.07, 6.45) is 3.72. The monoisotopic (exact) mass is 560 g/mol. The van der Waals surface area contributed by atoms with Crippen molar-refractivity contribution in [1.82, 2.24) is 26.3 Å². The molecule has 212 valence electrons. The van der Waals surface area contributed by atoms with Crippen molar-refractivity contribution in [3.8, 4) is 0 Å². The second kappa shape index (κ2) is 14.4. The number of para-hydroxylation sites is 1. The molecule has 2 heterocycles. The van der Waals surface area contributed by atoms with Crippen molar-refractivity contribution >= 4 is 53.2 Å². The van der Waals surface area contributed by atoms with Gasteiger partial charge in [-0.1, -0.05) is 18.2 Å². The molecule has 0 radical (unpaired) electrons. The number of aliphatic carboxylic acids is 1. The zero-order chi connectivity index (χ0) is 28.4. The lowest BCUT2D eigenvalue weighted by atomic mass is 10.0. The zero-order valence-corrected chi connectivity index (χ0v) is 22.4. The fraction of sp³-hybridized carbons (Fsp3) is 0.480. The Hall–Kier alpha value is -3.78. The molecule has 0 saturated carbocycles. The molecule has 4 unspecified atom stereocenters. The van der Waals surface area contributed by atoms with Gasteiger partial charge in [0.25, 0.3) is 0 Å². The quantitative estimate of drug-likeness (QED) is 0.0602. The molecular weight excluding hydrogens is 524 g/mol. The maximum absolute atomic E-state index is 13.3. The van der Waals surface area contributed by atoms with Crippen molar-refractivity contribution in [3.63, 3.8) is 0 Å². The summed E-state index contributed by atoms with van der Waals surface area (Å²) in [4.78, 5) is 57.8. The summed E-state index contributed by atoms with van der Waals surface area (Å²) in [6, 6.07) is 3.71. The van der Waals surface area contributed by atoms with E-state index in [0.717, 1.165) is 29.4 Å². The van der Waals surface area contributed by atoms with E-state index in [1.54, 1.807) is 6.20 Å². The van der Waals surface area contributed by atoms with Gasteiger partial charge in [0.15, 0.2) is 5.96 Å². The summed E-state index contributed by atoms with van der Waals surface area (Å²) in [7, 11) is 0. The number of nitrogens with one attached hydrogen (secondary N) is 5. The maximum atomic E-state index is 13.3. The van der Waals surface area contributed by atoms with Crippen LogP contribution in [-0.4, -0.2) is 82.8 Å². The third kappa shape index (κ3) is 8.61. The topological polar surface area (TPSA) is 217 Å². The number of guanidine groups is 1. The van der Waals surface area contributed by atoms with E-state index in [4.69, 9.17) is 11.5 Å². The molecule has 14 heteroatoms. The molecule has 1 aromatic carbocycles. The van der Waals surface area contributed by atoms with Crippen LogP contribution in [0.2, 0.25) is 0 Å². The summed E-state index contributed by atoms with van der Waals surface area (Å²) >= 11 is 4.19. The van der Waals surface area contributed by atoms with Gasteiger partial charge < -0.3 is 42.8 Å². The minimum Gasteiger partial charge on any atom is -0.480 e. The summed E-state index contributed by atoms with van der Waals surface area (Å²) in [6.45, 7) is 0.928. The van der Waals surface area contributed by atoms with Crippen LogP contribution >= 0.6 is 12.6 Å². The van der Waals surface area contributed by atoms with E-state index < -0.39 is 35.9 Å². The third-order valence-corrected chi connectivity index (χ3v) is 6.85. The highest BCUT2D eigenvalue weighted by molar-refractivity contribution is 7.80. The minimum absolute atomic E-state index is 0.00491. The molecule has 0 bridgehead atoms. The number of thiol groups is 1. The normalized spacial score (nSPS) is 17.1. The summed E-state index contributed by atoms with van der Waals surface area (Å²) in [5.74, 6) is -2.93. The van der Waals surface area contributed by atoms with Gasteiger partial charge >= 0.3 is 5.97 Å². The van der Waals surface area contributed by atoms with Crippen LogP contribution < -0.4 is 32.7 Å². The number of hydrogen-bond acceptors (Lipinski definition) is 7. The predicted octanol–water partition coefficient (Wildman–Crippen LogP) is -1.02. The van der Waals surface area contributed by atoms with E-state index in [9.17, 15) is 24.3 Å². The Morgan fingerprint density at radius 3 is 2.46 bits per heavy atom. The second-order valence-corrected chi connectivity index (χ2v) is 9.73. The molecule has 10 N–H and O–H groups in total. The van der Waals surface area contributed by atoms with Crippen molar-refractivity contribution in [2.75, 3.05) is 18.8 Å². The molecule has 1 aliphatic rings. The van der Waals surface area contributed by atoms with E-state index in [1.165, 1.54) is 0 Å². The van der Waals surface area contributed by atoms with Crippen LogP contribution in [0.15, 0.2) is 35.5 Å². The third-order valence-electron chi connectivity index (χ3n) is 6.48. The van der Waals surface area contributed by atoms with Crippen LogP contribution in [0.3, 0.4) is 0 Å². The highest BCUT2D eigenvalue weighted by Crippen LogP contribution is 2.19. The van der Waals surface area contributed by atoms with Crippen LogP contribution in [0.4, 0.5) is 0 Å². The van der Waals surface area contributed by atoms with Crippen LogP contribution in [-0.2, 0) is 25.6 Å². The predicted molar refractivity (Wildman–Crippen MR) is 150 cm³/mol. The summed E-state index contributed by atoms with van der Waals surface area (Å²) < 4.78 is 0. The average Bonchev–Trinajstić information content (AvgIpc) is 3.59. The van der Waals surface area contributed by atoms with Crippen molar-refractivity contribution in [2.45, 2.75) is 56.3 Å². The highest BCUT2D eigenvalue weighted by Gasteiger charge is 2.31. The standard InChI is InChI=1S/C25H36N8O5S/c26-25(27)29-10-4-8-18(31-23(36)20(13-39)33-21(34)17-7-3-9-28-17)22(35)32-19(24(37)38)11-14-12-30-16-6-2-1-5-15(14)16/h1-2,5-6,12,17-20,28,30,39H,3-4,7-11,13H2,(H,31,36)(H,32,35)(H,33,34)(H,37,38)(H4,26,27,29). The van der Waals surface area contributed by atoms with Gasteiger partial charge in [0, 0.05) is 35.8 Å². The van der Waals surface area contributed by atoms with Gasteiger partial charge in [-0.25, -0.2) is 4.79 Å².